The van der Waals surface area contributed by atoms with Crippen LogP contribution in [-0.4, -0.2) is 32.7 Å². The summed E-state index contributed by atoms with van der Waals surface area (Å²) in [5.74, 6) is 0.200. The lowest BCUT2D eigenvalue weighted by atomic mass is 9.84. The molecule has 0 amide bonds. The van der Waals surface area contributed by atoms with Crippen molar-refractivity contribution in [3.8, 4) is 5.75 Å². The molecule has 5 heteroatoms. The number of pyridine rings is 1. The molecule has 0 atom stereocenters. The molecule has 106 valence electrons. The van der Waals surface area contributed by atoms with E-state index in [1.807, 2.05) is 11.8 Å². The van der Waals surface area contributed by atoms with E-state index in [0.29, 0.717) is 22.5 Å². The quantitative estimate of drug-likeness (QED) is 0.744. The van der Waals surface area contributed by atoms with Gasteiger partial charge in [0, 0.05) is 35.2 Å². The number of hydrogen-bond donors (Lipinski definition) is 3. The van der Waals surface area contributed by atoms with Gasteiger partial charge in [-0.1, -0.05) is 6.42 Å². The van der Waals surface area contributed by atoms with Crippen LogP contribution in [0, 0.1) is 6.92 Å². The van der Waals surface area contributed by atoms with Gasteiger partial charge in [0.1, 0.15) is 5.75 Å². The largest absolute Gasteiger partial charge is 0.506 e. The molecule has 4 nitrogen and oxygen atoms in total. The minimum atomic E-state index is -0.0917. The molecule has 2 rings (SSSR count). The molecule has 1 saturated carbocycles. The van der Waals surface area contributed by atoms with Crippen LogP contribution in [0.4, 0.5) is 0 Å². The van der Waals surface area contributed by atoms with Gasteiger partial charge in [0.05, 0.1) is 12.3 Å². The molecule has 0 aliphatic heterocycles. The van der Waals surface area contributed by atoms with E-state index in [1.165, 1.54) is 19.3 Å². The maximum Gasteiger partial charge on any atom is 0.141 e. The maximum absolute atomic E-state index is 10.0. The summed E-state index contributed by atoms with van der Waals surface area (Å²) in [5.41, 5.74) is 2.07. The molecule has 1 aliphatic carbocycles. The Hall–Kier alpha value is -0.780. The second kappa shape index (κ2) is 6.11. The summed E-state index contributed by atoms with van der Waals surface area (Å²) in [4.78, 5) is 4.07. The third-order valence-electron chi connectivity index (χ3n) is 4.05. The number of nitrogens with one attached hydrogen (secondary N) is 1. The van der Waals surface area contributed by atoms with Crippen molar-refractivity contribution in [1.29, 1.82) is 0 Å². The van der Waals surface area contributed by atoms with Gasteiger partial charge in [-0.05, 0) is 26.0 Å². The number of aromatic nitrogens is 1. The Kier molecular flexibility index (Phi) is 4.71. The number of aliphatic hydroxyl groups excluding tert-OH is 1. The van der Waals surface area contributed by atoms with Crippen LogP contribution < -0.4 is 5.32 Å². The van der Waals surface area contributed by atoms with Crippen molar-refractivity contribution >= 4 is 11.8 Å². The highest BCUT2D eigenvalue weighted by Gasteiger charge is 2.35. The molecule has 1 aromatic heterocycles. The standard InChI is InChI=1S/C14H22N2O2S/c1-10-13(18)12(11(8-17)6-16-10)7-15-9-14(19-2)4-3-5-14/h6,15,17-18H,3-5,7-9H2,1-2H3. The maximum atomic E-state index is 10.0. The van der Waals surface area contributed by atoms with Crippen LogP contribution in [0.15, 0.2) is 6.20 Å². The van der Waals surface area contributed by atoms with Crippen molar-refractivity contribution < 1.29 is 10.2 Å². The van der Waals surface area contributed by atoms with Gasteiger partial charge in [-0.25, -0.2) is 0 Å². The SMILES string of the molecule is CSC1(CNCc2c(CO)cnc(C)c2O)CCC1. The highest BCUT2D eigenvalue weighted by molar-refractivity contribution is 8.00. The number of aliphatic hydroxyl groups is 1. The van der Waals surface area contributed by atoms with Crippen LogP contribution in [0.1, 0.15) is 36.1 Å². The summed E-state index contributed by atoms with van der Waals surface area (Å²) in [6, 6.07) is 0. The molecule has 0 spiro atoms. The van der Waals surface area contributed by atoms with Crippen molar-refractivity contribution in [3.63, 3.8) is 0 Å². The summed E-state index contributed by atoms with van der Waals surface area (Å²) in [6.07, 6.45) is 7.63. The normalized spacial score (nSPS) is 17.2. The number of nitrogens with zero attached hydrogens (tertiary/aromatic N) is 1. The van der Waals surface area contributed by atoms with Crippen LogP contribution in [0.5, 0.6) is 5.75 Å². The Balaban J connectivity index is 2.01. The lowest BCUT2D eigenvalue weighted by Crippen LogP contribution is -2.43. The Morgan fingerprint density at radius 3 is 2.74 bits per heavy atom. The highest BCUT2D eigenvalue weighted by Crippen LogP contribution is 2.42. The van der Waals surface area contributed by atoms with Crippen molar-refractivity contribution in [2.45, 2.75) is 44.1 Å². The molecule has 1 aromatic rings. The summed E-state index contributed by atoms with van der Waals surface area (Å²) in [6.45, 7) is 3.20. The number of rotatable bonds is 6. The van der Waals surface area contributed by atoms with Crippen LogP contribution in [0.3, 0.4) is 0 Å². The van der Waals surface area contributed by atoms with Crippen molar-refractivity contribution in [3.05, 3.63) is 23.0 Å². The Bertz CT molecular complexity index is 442. The molecular formula is C14H22N2O2S. The van der Waals surface area contributed by atoms with Gasteiger partial charge in [0.2, 0.25) is 0 Å². The molecular weight excluding hydrogens is 260 g/mol. The third kappa shape index (κ3) is 3.04. The summed E-state index contributed by atoms with van der Waals surface area (Å²) >= 11 is 1.92. The molecule has 0 bridgehead atoms. The predicted molar refractivity (Wildman–Crippen MR) is 78.4 cm³/mol. The zero-order valence-electron chi connectivity index (χ0n) is 11.6. The topological polar surface area (TPSA) is 65.4 Å². The minimum Gasteiger partial charge on any atom is -0.506 e. The molecule has 1 aliphatic rings. The first-order valence-electron chi connectivity index (χ1n) is 6.65. The van der Waals surface area contributed by atoms with E-state index >= 15 is 0 Å². The van der Waals surface area contributed by atoms with Gasteiger partial charge in [0.25, 0.3) is 0 Å². The first kappa shape index (κ1) is 14.6. The summed E-state index contributed by atoms with van der Waals surface area (Å²) < 4.78 is 0.372. The fraction of sp³-hybridized carbons (Fsp3) is 0.643. The van der Waals surface area contributed by atoms with Crippen molar-refractivity contribution in [2.24, 2.45) is 0 Å². The average Bonchev–Trinajstić information content (AvgIpc) is 2.37. The zero-order chi connectivity index (χ0) is 13.9. The van der Waals surface area contributed by atoms with Crippen molar-refractivity contribution in [2.75, 3.05) is 12.8 Å². The molecule has 19 heavy (non-hydrogen) atoms. The lowest BCUT2D eigenvalue weighted by molar-refractivity contribution is 0.278. The van der Waals surface area contributed by atoms with E-state index in [2.05, 4.69) is 16.6 Å². The lowest BCUT2D eigenvalue weighted by Gasteiger charge is -2.40. The first-order valence-corrected chi connectivity index (χ1v) is 7.87. The highest BCUT2D eigenvalue weighted by atomic mass is 32.2. The molecule has 3 N–H and O–H groups in total. The number of thioether (sulfide) groups is 1. The van der Waals surface area contributed by atoms with Gasteiger partial charge < -0.3 is 15.5 Å². The smallest absolute Gasteiger partial charge is 0.141 e. The monoisotopic (exact) mass is 282 g/mol. The van der Waals surface area contributed by atoms with Crippen LogP contribution >= 0.6 is 11.8 Å². The predicted octanol–water partition coefficient (Wildman–Crippen LogP) is 1.96. The van der Waals surface area contributed by atoms with E-state index in [9.17, 15) is 10.2 Å². The Labute approximate surface area is 118 Å². The van der Waals surface area contributed by atoms with Crippen LogP contribution in [-0.2, 0) is 13.2 Å². The summed E-state index contributed by atoms with van der Waals surface area (Å²) in [5, 5.41) is 22.8. The number of aryl methyl sites for hydroxylation is 1. The number of hydrogen-bond acceptors (Lipinski definition) is 5. The molecule has 0 aromatic carbocycles. The molecule has 1 heterocycles. The molecule has 0 saturated heterocycles. The zero-order valence-corrected chi connectivity index (χ0v) is 12.4. The Morgan fingerprint density at radius 2 is 2.21 bits per heavy atom. The first-order chi connectivity index (χ1) is 9.12. The minimum absolute atomic E-state index is 0.0917. The van der Waals surface area contributed by atoms with E-state index in [0.717, 1.165) is 12.1 Å². The average molecular weight is 282 g/mol. The fourth-order valence-electron chi connectivity index (χ4n) is 2.46. The Morgan fingerprint density at radius 1 is 1.47 bits per heavy atom. The van der Waals surface area contributed by atoms with E-state index < -0.39 is 0 Å². The van der Waals surface area contributed by atoms with E-state index in [-0.39, 0.29) is 12.4 Å². The van der Waals surface area contributed by atoms with Crippen molar-refractivity contribution in [1.82, 2.24) is 10.3 Å². The van der Waals surface area contributed by atoms with Crippen LogP contribution in [0.2, 0.25) is 0 Å². The number of aromatic hydroxyl groups is 1. The van der Waals surface area contributed by atoms with E-state index in [4.69, 9.17) is 0 Å². The van der Waals surface area contributed by atoms with Crippen LogP contribution in [0.25, 0.3) is 0 Å². The van der Waals surface area contributed by atoms with Gasteiger partial charge in [-0.3, -0.25) is 4.98 Å². The second-order valence-electron chi connectivity index (χ2n) is 5.20. The third-order valence-corrected chi connectivity index (χ3v) is 5.47. The molecule has 0 radical (unpaired) electrons. The fourth-order valence-corrected chi connectivity index (χ4v) is 3.40. The van der Waals surface area contributed by atoms with Gasteiger partial charge in [-0.2, -0.15) is 11.8 Å². The second-order valence-corrected chi connectivity index (χ2v) is 6.47. The van der Waals surface area contributed by atoms with Gasteiger partial charge in [0.15, 0.2) is 0 Å². The molecule has 0 unspecified atom stereocenters. The van der Waals surface area contributed by atoms with E-state index in [1.54, 1.807) is 13.1 Å². The molecule has 1 fully saturated rings. The van der Waals surface area contributed by atoms with Gasteiger partial charge >= 0.3 is 0 Å². The summed E-state index contributed by atoms with van der Waals surface area (Å²) in [7, 11) is 0. The van der Waals surface area contributed by atoms with Gasteiger partial charge in [-0.15, -0.1) is 0 Å².